The van der Waals surface area contributed by atoms with Crippen molar-refractivity contribution in [1.82, 2.24) is 0 Å². The van der Waals surface area contributed by atoms with Crippen molar-refractivity contribution in [3.63, 3.8) is 0 Å². The fourth-order valence-corrected chi connectivity index (χ4v) is 3.42. The Kier molecular flexibility index (Phi) is 1.94. The molecule has 0 spiro atoms. The number of aliphatic imine (C=N–C) groups is 1. The van der Waals surface area contributed by atoms with Crippen LogP contribution < -0.4 is 0 Å². The summed E-state index contributed by atoms with van der Waals surface area (Å²) in [6, 6.07) is 9.38. The van der Waals surface area contributed by atoms with E-state index in [1.165, 1.54) is 0 Å². The second-order valence-corrected chi connectivity index (χ2v) is 5.25. The molecule has 0 unspecified atom stereocenters. The highest BCUT2D eigenvalue weighted by molar-refractivity contribution is 5.95. The Morgan fingerprint density at radius 3 is 2.79 bits per heavy atom. The predicted octanol–water partition coefficient (Wildman–Crippen LogP) is 2.01. The number of benzene rings is 1. The quantitative estimate of drug-likeness (QED) is 0.462. The lowest BCUT2D eigenvalue weighted by molar-refractivity contribution is -0.580. The summed E-state index contributed by atoms with van der Waals surface area (Å²) in [4.78, 5) is 15.7. The summed E-state index contributed by atoms with van der Waals surface area (Å²) in [5.41, 5.74) is -0.498. The Morgan fingerprint density at radius 1 is 1.32 bits per heavy atom. The molecule has 0 amide bonds. The van der Waals surface area contributed by atoms with Gasteiger partial charge in [0.15, 0.2) is 6.10 Å². The Hall–Kier alpha value is -2.17. The molecule has 0 N–H and O–H groups in total. The zero-order valence-corrected chi connectivity index (χ0v) is 10.1. The fourth-order valence-electron chi connectivity index (χ4n) is 3.42. The molecule has 5 nitrogen and oxygen atoms in total. The normalized spacial score (nSPS) is 37.9. The zero-order valence-electron chi connectivity index (χ0n) is 10.1. The number of ether oxygens (including phenoxy) is 1. The third kappa shape index (κ3) is 1.22. The summed E-state index contributed by atoms with van der Waals surface area (Å²) < 4.78 is 5.83. The summed E-state index contributed by atoms with van der Waals surface area (Å²) in [6.45, 7) is 0. The van der Waals surface area contributed by atoms with Crippen molar-refractivity contribution >= 4 is 5.90 Å². The molecule has 1 aromatic carbocycles. The molecule has 1 heterocycles. The molecule has 2 bridgehead atoms. The highest BCUT2D eigenvalue weighted by atomic mass is 16.6. The highest BCUT2D eigenvalue weighted by Gasteiger charge is 2.70. The summed E-state index contributed by atoms with van der Waals surface area (Å²) in [7, 11) is 0. The van der Waals surface area contributed by atoms with Crippen LogP contribution in [0.4, 0.5) is 0 Å². The van der Waals surface area contributed by atoms with Crippen molar-refractivity contribution in [2.75, 3.05) is 0 Å². The maximum Gasteiger partial charge on any atom is 0.359 e. The molecule has 1 saturated carbocycles. The summed E-state index contributed by atoms with van der Waals surface area (Å²) in [5.74, 6) is 0.375. The van der Waals surface area contributed by atoms with Gasteiger partial charge in [0, 0.05) is 11.5 Å². The Balaban J connectivity index is 1.82. The van der Waals surface area contributed by atoms with Gasteiger partial charge in [-0.15, -0.1) is 0 Å². The molecule has 1 aromatic rings. The number of fused-ring (bicyclic) bond motifs is 5. The van der Waals surface area contributed by atoms with Crippen LogP contribution in [-0.4, -0.2) is 22.6 Å². The van der Waals surface area contributed by atoms with Crippen molar-refractivity contribution < 1.29 is 9.66 Å². The molecule has 4 atom stereocenters. The van der Waals surface area contributed by atoms with Crippen LogP contribution in [0, 0.1) is 22.0 Å². The van der Waals surface area contributed by atoms with E-state index >= 15 is 0 Å². The maximum absolute atomic E-state index is 11.6. The van der Waals surface area contributed by atoms with E-state index in [4.69, 9.17) is 4.74 Å². The molecule has 19 heavy (non-hydrogen) atoms. The second kappa shape index (κ2) is 3.44. The standard InChI is InChI=1S/C14H12N2O3/c17-16(18)14-11-7-6-10(8-11)12(14)19-13(15-14)9-4-2-1-3-5-9/h1-7,10-12H,8H2/t10-,11+,12-,14-/m0/s1. The van der Waals surface area contributed by atoms with Gasteiger partial charge < -0.3 is 4.74 Å². The number of nitrogens with zero attached hydrogens (tertiary/aromatic N) is 2. The first-order valence-electron chi connectivity index (χ1n) is 6.36. The Labute approximate surface area is 109 Å². The zero-order chi connectivity index (χ0) is 13.0. The van der Waals surface area contributed by atoms with E-state index < -0.39 is 11.8 Å². The van der Waals surface area contributed by atoms with Gasteiger partial charge >= 0.3 is 5.66 Å². The van der Waals surface area contributed by atoms with Crippen molar-refractivity contribution in [1.29, 1.82) is 0 Å². The van der Waals surface area contributed by atoms with Crippen LogP contribution in [0.25, 0.3) is 0 Å². The van der Waals surface area contributed by atoms with Gasteiger partial charge in [-0.3, -0.25) is 10.1 Å². The highest BCUT2D eigenvalue weighted by Crippen LogP contribution is 2.53. The summed E-state index contributed by atoms with van der Waals surface area (Å²) in [5, 5.41) is 11.6. The Bertz CT molecular complexity index is 610. The van der Waals surface area contributed by atoms with Crippen molar-refractivity contribution in [3.05, 3.63) is 58.2 Å². The topological polar surface area (TPSA) is 64.7 Å². The molecular formula is C14H12N2O3. The largest absolute Gasteiger partial charge is 0.463 e. The third-order valence-electron chi connectivity index (χ3n) is 4.30. The minimum absolute atomic E-state index is 0.111. The molecule has 5 heteroatoms. The molecule has 0 radical (unpaired) electrons. The fraction of sp³-hybridized carbons (Fsp3) is 0.357. The van der Waals surface area contributed by atoms with E-state index in [0.29, 0.717) is 5.90 Å². The van der Waals surface area contributed by atoms with Crippen molar-refractivity contribution in [3.8, 4) is 0 Å². The van der Waals surface area contributed by atoms with E-state index in [2.05, 4.69) is 4.99 Å². The molecule has 2 aliphatic carbocycles. The second-order valence-electron chi connectivity index (χ2n) is 5.25. The lowest BCUT2D eigenvalue weighted by Gasteiger charge is -2.23. The lowest BCUT2D eigenvalue weighted by Crippen LogP contribution is -2.48. The number of rotatable bonds is 2. The molecule has 0 aromatic heterocycles. The first-order valence-corrected chi connectivity index (χ1v) is 6.36. The van der Waals surface area contributed by atoms with Gasteiger partial charge in [-0.2, -0.15) is 4.99 Å². The Morgan fingerprint density at radius 2 is 2.11 bits per heavy atom. The average Bonchev–Trinajstić information content (AvgIpc) is 3.10. The van der Waals surface area contributed by atoms with Crippen LogP contribution in [-0.2, 0) is 4.74 Å². The van der Waals surface area contributed by atoms with Gasteiger partial charge in [-0.05, 0) is 18.6 Å². The molecule has 0 saturated heterocycles. The van der Waals surface area contributed by atoms with Crippen LogP contribution in [0.15, 0.2) is 47.5 Å². The van der Waals surface area contributed by atoms with Gasteiger partial charge in [0.1, 0.15) is 0 Å². The van der Waals surface area contributed by atoms with Crippen LogP contribution in [0.1, 0.15) is 12.0 Å². The SMILES string of the molecule is O=[N+]([O-])[C@]12N=C(c3ccccc3)O[C@H]1[C@H]1C=C[C@@H]2C1. The first kappa shape index (κ1) is 10.7. The first-order chi connectivity index (χ1) is 9.22. The predicted molar refractivity (Wildman–Crippen MR) is 68.3 cm³/mol. The van der Waals surface area contributed by atoms with E-state index in [1.807, 2.05) is 42.5 Å². The minimum Gasteiger partial charge on any atom is -0.463 e. The van der Waals surface area contributed by atoms with E-state index in [9.17, 15) is 10.1 Å². The van der Waals surface area contributed by atoms with Gasteiger partial charge in [0.2, 0.25) is 5.90 Å². The van der Waals surface area contributed by atoms with Crippen LogP contribution in [0.3, 0.4) is 0 Å². The summed E-state index contributed by atoms with van der Waals surface area (Å²) >= 11 is 0. The molecule has 96 valence electrons. The average molecular weight is 256 g/mol. The number of nitro groups is 1. The van der Waals surface area contributed by atoms with Crippen molar-refractivity contribution in [2.24, 2.45) is 16.8 Å². The van der Waals surface area contributed by atoms with E-state index in [-0.39, 0.29) is 16.8 Å². The smallest absolute Gasteiger partial charge is 0.359 e. The minimum atomic E-state index is -1.30. The van der Waals surface area contributed by atoms with Gasteiger partial charge in [-0.25, -0.2) is 0 Å². The molecule has 4 rings (SSSR count). The molecule has 1 fully saturated rings. The maximum atomic E-state index is 11.6. The van der Waals surface area contributed by atoms with Crippen molar-refractivity contribution in [2.45, 2.75) is 18.2 Å². The number of hydrogen-bond donors (Lipinski definition) is 0. The van der Waals surface area contributed by atoms with E-state index in [0.717, 1.165) is 12.0 Å². The van der Waals surface area contributed by atoms with E-state index in [1.54, 1.807) is 0 Å². The van der Waals surface area contributed by atoms with Gasteiger partial charge in [0.05, 0.1) is 10.8 Å². The number of hydrogen-bond acceptors (Lipinski definition) is 4. The van der Waals surface area contributed by atoms with Crippen LogP contribution >= 0.6 is 0 Å². The van der Waals surface area contributed by atoms with Gasteiger partial charge in [0.25, 0.3) is 0 Å². The monoisotopic (exact) mass is 256 g/mol. The van der Waals surface area contributed by atoms with Crippen LogP contribution in [0.2, 0.25) is 0 Å². The third-order valence-corrected chi connectivity index (χ3v) is 4.30. The van der Waals surface area contributed by atoms with Crippen LogP contribution in [0.5, 0.6) is 0 Å². The molecule has 1 aliphatic heterocycles. The lowest BCUT2D eigenvalue weighted by atomic mass is 9.92. The molecular weight excluding hydrogens is 244 g/mol. The summed E-state index contributed by atoms with van der Waals surface area (Å²) in [6.07, 6.45) is 4.27. The van der Waals surface area contributed by atoms with Gasteiger partial charge in [-0.1, -0.05) is 30.4 Å². The molecule has 3 aliphatic rings.